The van der Waals surface area contributed by atoms with Crippen molar-refractivity contribution in [2.75, 3.05) is 0 Å². The molecule has 0 aromatic heterocycles. The molecule has 0 heterocycles. The van der Waals surface area contributed by atoms with E-state index < -0.39 is 23.3 Å². The van der Waals surface area contributed by atoms with Crippen LogP contribution in [0.4, 0.5) is 17.6 Å². The SMILES string of the molecule is C.Cc1ccc(-c2ccc(-c3cc(F)c(F)c(F)c3)c(F)c2)cc1. The number of hydrogen-bond donors (Lipinski definition) is 0. The van der Waals surface area contributed by atoms with E-state index in [0.29, 0.717) is 5.56 Å². The Balaban J connectivity index is 0.00000208. The molecule has 0 amide bonds. The quantitative estimate of drug-likeness (QED) is 0.370. The van der Waals surface area contributed by atoms with Crippen molar-refractivity contribution in [1.29, 1.82) is 0 Å². The highest BCUT2D eigenvalue weighted by Crippen LogP contribution is 2.29. The van der Waals surface area contributed by atoms with E-state index >= 15 is 0 Å². The van der Waals surface area contributed by atoms with E-state index in [1.54, 1.807) is 6.07 Å². The second-order valence-electron chi connectivity index (χ2n) is 5.31. The van der Waals surface area contributed by atoms with Crippen LogP contribution < -0.4 is 0 Å². The van der Waals surface area contributed by atoms with Crippen molar-refractivity contribution in [2.45, 2.75) is 14.4 Å². The van der Waals surface area contributed by atoms with Gasteiger partial charge in [0.15, 0.2) is 17.5 Å². The molecule has 0 N–H and O–H groups in total. The minimum atomic E-state index is -1.56. The van der Waals surface area contributed by atoms with Crippen molar-refractivity contribution in [3.05, 3.63) is 83.4 Å². The smallest absolute Gasteiger partial charge is 0.194 e. The summed E-state index contributed by atoms with van der Waals surface area (Å²) in [5.74, 6) is -4.89. The van der Waals surface area contributed by atoms with Gasteiger partial charge in [0.1, 0.15) is 5.82 Å². The molecule has 4 heteroatoms. The van der Waals surface area contributed by atoms with E-state index in [9.17, 15) is 17.6 Å². The number of aryl methyl sites for hydroxylation is 1. The predicted octanol–water partition coefficient (Wildman–Crippen LogP) is 6.52. The van der Waals surface area contributed by atoms with Crippen LogP contribution in [0.1, 0.15) is 13.0 Å². The first-order valence-electron chi connectivity index (χ1n) is 6.97. The molecular formula is C20H16F4. The fourth-order valence-corrected chi connectivity index (χ4v) is 2.39. The lowest BCUT2D eigenvalue weighted by molar-refractivity contribution is 0.447. The molecule has 3 rings (SSSR count). The largest absolute Gasteiger partial charge is 0.206 e. The maximum atomic E-state index is 14.3. The third kappa shape index (κ3) is 3.32. The van der Waals surface area contributed by atoms with Gasteiger partial charge < -0.3 is 0 Å². The molecule has 0 spiro atoms. The summed E-state index contributed by atoms with van der Waals surface area (Å²) in [5, 5.41) is 0. The first-order chi connectivity index (χ1) is 11.0. The normalized spacial score (nSPS) is 10.4. The summed E-state index contributed by atoms with van der Waals surface area (Å²) in [6.45, 7) is 1.95. The summed E-state index contributed by atoms with van der Waals surface area (Å²) in [6.07, 6.45) is 0. The highest BCUT2D eigenvalue weighted by Gasteiger charge is 2.14. The average molecular weight is 332 g/mol. The molecule has 3 aromatic rings. The van der Waals surface area contributed by atoms with E-state index in [1.165, 1.54) is 12.1 Å². The second kappa shape index (κ2) is 6.87. The number of halogens is 4. The molecule has 124 valence electrons. The first kappa shape index (κ1) is 17.7. The van der Waals surface area contributed by atoms with Gasteiger partial charge in [-0.1, -0.05) is 49.4 Å². The van der Waals surface area contributed by atoms with Gasteiger partial charge in [-0.25, -0.2) is 17.6 Å². The van der Waals surface area contributed by atoms with Gasteiger partial charge >= 0.3 is 0 Å². The molecule has 0 aliphatic heterocycles. The van der Waals surface area contributed by atoms with E-state index in [-0.39, 0.29) is 18.6 Å². The van der Waals surface area contributed by atoms with Gasteiger partial charge in [-0.3, -0.25) is 0 Å². The van der Waals surface area contributed by atoms with E-state index in [0.717, 1.165) is 23.3 Å². The van der Waals surface area contributed by atoms with Crippen molar-refractivity contribution >= 4 is 0 Å². The van der Waals surface area contributed by atoms with E-state index in [1.807, 2.05) is 31.2 Å². The molecular weight excluding hydrogens is 316 g/mol. The lowest BCUT2D eigenvalue weighted by Crippen LogP contribution is -1.94. The Hall–Kier alpha value is -2.62. The Morgan fingerprint density at radius 3 is 1.62 bits per heavy atom. The van der Waals surface area contributed by atoms with Gasteiger partial charge in [0.2, 0.25) is 0 Å². The summed E-state index contributed by atoms with van der Waals surface area (Å²) in [7, 11) is 0. The van der Waals surface area contributed by atoms with Crippen LogP contribution in [0.2, 0.25) is 0 Å². The van der Waals surface area contributed by atoms with E-state index in [4.69, 9.17) is 0 Å². The minimum Gasteiger partial charge on any atom is -0.206 e. The van der Waals surface area contributed by atoms with Gasteiger partial charge in [-0.05, 0) is 41.8 Å². The topological polar surface area (TPSA) is 0 Å². The summed E-state index contributed by atoms with van der Waals surface area (Å²) in [6, 6.07) is 13.5. The van der Waals surface area contributed by atoms with Gasteiger partial charge in [0.25, 0.3) is 0 Å². The Morgan fingerprint density at radius 2 is 1.08 bits per heavy atom. The number of benzene rings is 3. The van der Waals surface area contributed by atoms with E-state index in [2.05, 4.69) is 0 Å². The highest BCUT2D eigenvalue weighted by molar-refractivity contribution is 5.71. The molecule has 0 nitrogen and oxygen atoms in total. The average Bonchev–Trinajstić information content (AvgIpc) is 2.53. The van der Waals surface area contributed by atoms with Gasteiger partial charge in [-0.2, -0.15) is 0 Å². The molecule has 0 saturated carbocycles. The molecule has 0 saturated heterocycles. The lowest BCUT2D eigenvalue weighted by atomic mass is 9.99. The van der Waals surface area contributed by atoms with Crippen LogP contribution in [0.5, 0.6) is 0 Å². The van der Waals surface area contributed by atoms with Crippen LogP contribution in [0.25, 0.3) is 22.3 Å². The van der Waals surface area contributed by atoms with Gasteiger partial charge in [-0.15, -0.1) is 0 Å². The molecule has 24 heavy (non-hydrogen) atoms. The van der Waals surface area contributed by atoms with Gasteiger partial charge in [0, 0.05) is 5.56 Å². The van der Waals surface area contributed by atoms with Crippen molar-refractivity contribution < 1.29 is 17.6 Å². The maximum Gasteiger partial charge on any atom is 0.194 e. The molecule has 0 bridgehead atoms. The third-order valence-electron chi connectivity index (χ3n) is 3.65. The zero-order valence-electron chi connectivity index (χ0n) is 12.2. The summed E-state index contributed by atoms with van der Waals surface area (Å²) in [5.41, 5.74) is 2.53. The summed E-state index contributed by atoms with van der Waals surface area (Å²) >= 11 is 0. The van der Waals surface area contributed by atoms with Crippen LogP contribution in [-0.2, 0) is 0 Å². The van der Waals surface area contributed by atoms with Crippen molar-refractivity contribution in [3.8, 4) is 22.3 Å². The molecule has 0 aliphatic rings. The lowest BCUT2D eigenvalue weighted by Gasteiger charge is -2.08. The highest BCUT2D eigenvalue weighted by atomic mass is 19.2. The molecule has 0 atom stereocenters. The molecule has 3 aromatic carbocycles. The third-order valence-corrected chi connectivity index (χ3v) is 3.65. The van der Waals surface area contributed by atoms with Gasteiger partial charge in [0.05, 0.1) is 0 Å². The Morgan fingerprint density at radius 1 is 0.583 bits per heavy atom. The summed E-state index contributed by atoms with van der Waals surface area (Å²) < 4.78 is 53.9. The molecule has 0 fully saturated rings. The van der Waals surface area contributed by atoms with Crippen molar-refractivity contribution in [3.63, 3.8) is 0 Å². The predicted molar refractivity (Wildman–Crippen MR) is 88.6 cm³/mol. The Kier molecular flexibility index (Phi) is 5.07. The molecule has 0 unspecified atom stereocenters. The van der Waals surface area contributed by atoms with Crippen LogP contribution in [0.15, 0.2) is 54.6 Å². The summed E-state index contributed by atoms with van der Waals surface area (Å²) in [4.78, 5) is 0. The maximum absolute atomic E-state index is 14.3. The van der Waals surface area contributed by atoms with Crippen LogP contribution in [-0.4, -0.2) is 0 Å². The van der Waals surface area contributed by atoms with Crippen LogP contribution >= 0.6 is 0 Å². The number of rotatable bonds is 2. The van der Waals surface area contributed by atoms with Crippen LogP contribution in [0.3, 0.4) is 0 Å². The monoisotopic (exact) mass is 332 g/mol. The van der Waals surface area contributed by atoms with Crippen LogP contribution in [0, 0.1) is 30.2 Å². The Bertz CT molecular complexity index is 844. The minimum absolute atomic E-state index is 0. The molecule has 0 radical (unpaired) electrons. The van der Waals surface area contributed by atoms with Crippen molar-refractivity contribution in [1.82, 2.24) is 0 Å². The molecule has 0 aliphatic carbocycles. The fraction of sp³-hybridized carbons (Fsp3) is 0.100. The van der Waals surface area contributed by atoms with Crippen molar-refractivity contribution in [2.24, 2.45) is 0 Å². The zero-order valence-corrected chi connectivity index (χ0v) is 12.2. The second-order valence-corrected chi connectivity index (χ2v) is 5.31. The zero-order chi connectivity index (χ0) is 16.6. The standard InChI is InChI=1S/C19H12F4.CH4/c1-11-2-4-12(5-3-11)13-6-7-15(16(20)8-13)14-9-17(21)19(23)18(22)10-14;/h2-10H,1H3;1H4. The Labute approximate surface area is 138 Å². The number of hydrogen-bond acceptors (Lipinski definition) is 0. The fourth-order valence-electron chi connectivity index (χ4n) is 2.39. The first-order valence-corrected chi connectivity index (χ1v) is 6.97.